The van der Waals surface area contributed by atoms with Crippen LogP contribution in [0.5, 0.6) is 0 Å². The quantitative estimate of drug-likeness (QED) is 0.257. The van der Waals surface area contributed by atoms with Crippen molar-refractivity contribution in [2.45, 2.75) is 71.4 Å². The topological polar surface area (TPSA) is 40.9 Å². The van der Waals surface area contributed by atoms with E-state index < -0.39 is 5.91 Å². The summed E-state index contributed by atoms with van der Waals surface area (Å²) >= 11 is 0. The predicted molar refractivity (Wildman–Crippen MR) is 109 cm³/mol. The van der Waals surface area contributed by atoms with Gasteiger partial charge in [-0.3, -0.25) is 0 Å². The number of benzene rings is 1. The molecule has 0 aliphatic heterocycles. The minimum absolute atomic E-state index is 0. The molecule has 1 amide bonds. The van der Waals surface area contributed by atoms with Gasteiger partial charge in [-0.25, -0.2) is 0 Å². The smallest absolute Gasteiger partial charge is 1.00 e. The summed E-state index contributed by atoms with van der Waals surface area (Å²) in [5.74, 6) is -0.413. The zero-order chi connectivity index (χ0) is 18.0. The van der Waals surface area contributed by atoms with Crippen LogP contribution >= 0.6 is 0 Å². The van der Waals surface area contributed by atoms with Gasteiger partial charge < -0.3 is 35.3 Å². The fourth-order valence-corrected chi connectivity index (χ4v) is 2.31. The van der Waals surface area contributed by atoms with Crippen LogP contribution in [0.4, 0.5) is 0 Å². The zero-order valence-electron chi connectivity index (χ0n) is 16.9. The Morgan fingerprint density at radius 1 is 0.963 bits per heavy atom. The van der Waals surface area contributed by atoms with Crippen LogP contribution in [0.3, 0.4) is 0 Å². The van der Waals surface area contributed by atoms with E-state index in [-0.39, 0.29) is 50.7 Å². The van der Waals surface area contributed by atoms with Gasteiger partial charge in [-0.15, -0.1) is 29.7 Å². The van der Waals surface area contributed by atoms with Crippen molar-refractivity contribution >= 4 is 26.2 Å². The normalized spacial score (nSPS) is 8.56. The minimum Gasteiger partial charge on any atom is -1.00 e. The monoisotopic (exact) mass is 593 g/mol. The Bertz CT molecular complexity index is 507. The Hall–Kier alpha value is -0.0330. The number of rotatable bonds is 8. The van der Waals surface area contributed by atoms with Gasteiger partial charge in [-0.1, -0.05) is 64.6 Å². The van der Waals surface area contributed by atoms with Crippen molar-refractivity contribution in [1.29, 1.82) is 0 Å². The van der Waals surface area contributed by atoms with Crippen molar-refractivity contribution in [2.75, 3.05) is 0 Å². The second kappa shape index (κ2) is 26.0. The maximum Gasteiger partial charge on any atom is 4.00 e. The summed E-state index contributed by atoms with van der Waals surface area (Å²) in [5.41, 5.74) is 6.69. The average Bonchev–Trinajstić information content (AvgIpc) is 3.04. The molecule has 150 valence electrons. The number of nitrogens with one attached hydrogen (secondary N) is 1. The summed E-state index contributed by atoms with van der Waals surface area (Å²) in [6.07, 6.45) is 8.94. The molecule has 6 heteroatoms. The van der Waals surface area contributed by atoms with Crippen molar-refractivity contribution < 1.29 is 55.5 Å². The molecule has 0 unspecified atom stereocenters. The van der Waals surface area contributed by atoms with E-state index in [9.17, 15) is 4.79 Å². The molecule has 0 aliphatic carbocycles. The Morgan fingerprint density at radius 2 is 1.48 bits per heavy atom. The SMILES string of the molecule is CCCCCCCCCC([NH-])=O.C[Si]C.[Cl-].[Cl-].[Hf+4].c1ccc2[cH-]ccc2c1. The molecule has 0 aromatic heterocycles. The third kappa shape index (κ3) is 22.1. The van der Waals surface area contributed by atoms with Gasteiger partial charge in [-0.2, -0.15) is 17.5 Å². The Balaban J connectivity index is -0.000000158. The predicted octanol–water partition coefficient (Wildman–Crippen LogP) is 1.06. The molecular formula is C21H33Cl2HfNOSi. The summed E-state index contributed by atoms with van der Waals surface area (Å²) in [4.78, 5) is 10.2. The van der Waals surface area contributed by atoms with Crippen LogP contribution in [0.25, 0.3) is 16.5 Å². The van der Waals surface area contributed by atoms with E-state index >= 15 is 0 Å². The van der Waals surface area contributed by atoms with Gasteiger partial charge in [0.2, 0.25) is 0 Å². The van der Waals surface area contributed by atoms with Crippen LogP contribution in [-0.4, -0.2) is 15.4 Å². The van der Waals surface area contributed by atoms with E-state index in [0.29, 0.717) is 6.42 Å². The van der Waals surface area contributed by atoms with Crippen molar-refractivity contribution in [1.82, 2.24) is 0 Å². The van der Waals surface area contributed by atoms with Crippen molar-refractivity contribution in [3.63, 3.8) is 0 Å². The molecule has 2 nitrogen and oxygen atoms in total. The van der Waals surface area contributed by atoms with Gasteiger partial charge in [0.25, 0.3) is 0 Å². The van der Waals surface area contributed by atoms with E-state index in [1.165, 1.54) is 42.9 Å². The van der Waals surface area contributed by atoms with Crippen LogP contribution in [0, 0.1) is 0 Å². The first-order valence-corrected chi connectivity index (χ1v) is 11.1. The number of carbonyl (C=O) groups excluding carboxylic acids is 1. The maximum absolute atomic E-state index is 10.2. The summed E-state index contributed by atoms with van der Waals surface area (Å²) in [6, 6.07) is 14.7. The molecule has 27 heavy (non-hydrogen) atoms. The van der Waals surface area contributed by atoms with Crippen LogP contribution in [0.1, 0.15) is 58.3 Å². The van der Waals surface area contributed by atoms with E-state index in [1.54, 1.807) is 0 Å². The van der Waals surface area contributed by atoms with E-state index in [4.69, 9.17) is 5.73 Å². The molecule has 1 N–H and O–H groups in total. The van der Waals surface area contributed by atoms with Gasteiger partial charge in [0, 0.05) is 15.4 Å². The van der Waals surface area contributed by atoms with Crippen molar-refractivity contribution in [3.8, 4) is 0 Å². The van der Waals surface area contributed by atoms with E-state index in [1.807, 2.05) is 0 Å². The Labute approximate surface area is 200 Å². The molecule has 0 saturated carbocycles. The molecule has 0 atom stereocenters. The van der Waals surface area contributed by atoms with Gasteiger partial charge in [0.05, 0.1) is 0 Å². The largest absolute Gasteiger partial charge is 4.00 e. The third-order valence-corrected chi connectivity index (χ3v) is 3.55. The van der Waals surface area contributed by atoms with Crippen LogP contribution < -0.4 is 24.8 Å². The minimum atomic E-state index is -0.413. The number of amides is 1. The summed E-state index contributed by atoms with van der Waals surface area (Å²) in [7, 11) is 1.08. The van der Waals surface area contributed by atoms with Gasteiger partial charge in [0.1, 0.15) is 0 Å². The second-order valence-electron chi connectivity index (χ2n) is 5.95. The summed E-state index contributed by atoms with van der Waals surface area (Å²) < 4.78 is 0. The first-order valence-electron chi connectivity index (χ1n) is 9.09. The zero-order valence-corrected chi connectivity index (χ0v) is 23.0. The van der Waals surface area contributed by atoms with Gasteiger partial charge in [0.15, 0.2) is 0 Å². The van der Waals surface area contributed by atoms with E-state index in [0.717, 1.165) is 22.4 Å². The number of unbranched alkanes of at least 4 members (excludes halogenated alkanes) is 6. The molecule has 0 saturated heterocycles. The Kier molecular flexibility index (Phi) is 33.2. The fourth-order valence-electron chi connectivity index (χ4n) is 2.31. The number of fused-ring (bicyclic) bond motifs is 1. The van der Waals surface area contributed by atoms with Crippen LogP contribution in [-0.2, 0) is 30.6 Å². The molecule has 0 heterocycles. The van der Waals surface area contributed by atoms with Gasteiger partial charge >= 0.3 is 25.8 Å². The van der Waals surface area contributed by atoms with E-state index in [2.05, 4.69) is 62.5 Å². The van der Waals surface area contributed by atoms with Crippen molar-refractivity contribution in [2.24, 2.45) is 0 Å². The molecule has 2 rings (SSSR count). The average molecular weight is 593 g/mol. The molecule has 2 radical (unpaired) electrons. The molecule has 0 spiro atoms. The molecule has 0 bridgehead atoms. The second-order valence-corrected chi connectivity index (χ2v) is 6.95. The van der Waals surface area contributed by atoms with Crippen LogP contribution in [0.15, 0.2) is 42.5 Å². The number of hydrogen-bond donors (Lipinski definition) is 0. The summed E-state index contributed by atoms with van der Waals surface area (Å²) in [6.45, 7) is 6.51. The maximum atomic E-state index is 10.2. The molecule has 2 aromatic carbocycles. The van der Waals surface area contributed by atoms with Crippen molar-refractivity contribution in [3.05, 3.63) is 48.2 Å². The molecule has 0 fully saturated rings. The first kappa shape index (κ1) is 34.5. The van der Waals surface area contributed by atoms with Crippen LogP contribution in [0.2, 0.25) is 13.1 Å². The third-order valence-electron chi connectivity index (χ3n) is 3.55. The summed E-state index contributed by atoms with van der Waals surface area (Å²) in [5, 5.41) is 2.66. The number of hydrogen-bond acceptors (Lipinski definition) is 1. The molecular weight excluding hydrogens is 560 g/mol. The standard InChI is InChI=1S/C10H21NO.C9H7.C2H6Si.2ClH.Hf/c1-2-3-4-5-6-7-8-9-10(11)12;1-2-5-9-7-3-6-8(9)4-1;1-3-2;;;/h2-9H2,1H3,(H2,11,12);1-7H;1-2H3;2*1H;/q;-1;;;;+4/p-3. The first-order chi connectivity index (χ1) is 11.7. The fraction of sp³-hybridized carbons (Fsp3) is 0.524. The Morgan fingerprint density at radius 3 is 2.00 bits per heavy atom. The molecule has 2 aromatic rings. The molecule has 0 aliphatic rings. The van der Waals surface area contributed by atoms with Gasteiger partial charge in [-0.05, 0) is 12.8 Å². The number of halogens is 2. The number of carbonyl (C=O) groups is 1.